The van der Waals surface area contributed by atoms with Crippen molar-refractivity contribution in [3.8, 4) is 6.07 Å². The normalized spacial score (nSPS) is 15.4. The molecule has 0 bridgehead atoms. The maximum Gasteiger partial charge on any atom is 0.190 e. The number of ketones is 1. The third-order valence-electron chi connectivity index (χ3n) is 4.93. The predicted molar refractivity (Wildman–Crippen MR) is 89.8 cm³/mol. The molecule has 3 heteroatoms. The molecule has 2 rings (SSSR count). The molecule has 1 aromatic rings. The number of nitrogens with zero attached hydrogens (tertiary/aromatic N) is 2. The Hall–Kier alpha value is -2.08. The summed E-state index contributed by atoms with van der Waals surface area (Å²) >= 11 is 0. The number of allylic oxidation sites excluding steroid dienone is 2. The summed E-state index contributed by atoms with van der Waals surface area (Å²) < 4.78 is 0. The van der Waals surface area contributed by atoms with Crippen LogP contribution in [0, 0.1) is 11.3 Å². The molecule has 0 aromatic heterocycles. The van der Waals surface area contributed by atoms with E-state index in [0.717, 1.165) is 29.7 Å². The molecule has 0 N–H and O–H groups in total. The van der Waals surface area contributed by atoms with Gasteiger partial charge in [0.2, 0.25) is 0 Å². The first-order valence-corrected chi connectivity index (χ1v) is 8.17. The van der Waals surface area contributed by atoms with Crippen molar-refractivity contribution in [1.29, 1.82) is 5.26 Å². The molecule has 1 aliphatic rings. The average Bonchev–Trinajstić information content (AvgIpc) is 2.82. The van der Waals surface area contributed by atoms with E-state index in [1.807, 2.05) is 43.0 Å². The zero-order chi connectivity index (χ0) is 16.3. The van der Waals surface area contributed by atoms with Gasteiger partial charge in [0, 0.05) is 5.56 Å². The topological polar surface area (TPSA) is 44.1 Å². The highest BCUT2D eigenvalue weighted by Crippen LogP contribution is 2.45. The second-order valence-corrected chi connectivity index (χ2v) is 5.69. The quantitative estimate of drug-likeness (QED) is 0.730. The summed E-state index contributed by atoms with van der Waals surface area (Å²) in [5.41, 5.74) is 2.77. The van der Waals surface area contributed by atoms with Crippen LogP contribution in [0.3, 0.4) is 0 Å². The van der Waals surface area contributed by atoms with Gasteiger partial charge < -0.3 is 4.90 Å². The summed E-state index contributed by atoms with van der Waals surface area (Å²) in [5.74, 6) is 0.146. The molecule has 0 spiro atoms. The van der Waals surface area contributed by atoms with E-state index in [9.17, 15) is 10.1 Å². The Morgan fingerprint density at radius 1 is 1.14 bits per heavy atom. The number of carbonyl (C=O) groups excluding carboxylic acids is 1. The molecule has 116 valence electrons. The lowest BCUT2D eigenvalue weighted by Gasteiger charge is -2.38. The standard InChI is InChI=1S/C19H24N2O/c1-5-14(6-2)17(13-20)21-16-12-10-9-11-15(16)18(22)19(21,7-3)8-4/h9-12H,5-8H2,1-4H3. The molecule has 0 amide bonds. The minimum atomic E-state index is -0.621. The van der Waals surface area contributed by atoms with Crippen molar-refractivity contribution in [3.05, 3.63) is 41.1 Å². The molecule has 22 heavy (non-hydrogen) atoms. The van der Waals surface area contributed by atoms with Crippen molar-refractivity contribution in [1.82, 2.24) is 0 Å². The van der Waals surface area contributed by atoms with Crippen LogP contribution in [-0.4, -0.2) is 11.3 Å². The van der Waals surface area contributed by atoms with Crippen LogP contribution in [0.2, 0.25) is 0 Å². The SMILES string of the molecule is CCC(CC)=C(C#N)N1c2ccccc2C(=O)C1(CC)CC. The molecule has 0 fully saturated rings. The fourth-order valence-corrected chi connectivity index (χ4v) is 3.54. The van der Waals surface area contributed by atoms with Crippen LogP contribution in [0.25, 0.3) is 0 Å². The first-order chi connectivity index (χ1) is 10.6. The molecular weight excluding hydrogens is 272 g/mol. The van der Waals surface area contributed by atoms with E-state index in [2.05, 4.69) is 19.9 Å². The lowest BCUT2D eigenvalue weighted by Crippen LogP contribution is -2.49. The number of hydrogen-bond acceptors (Lipinski definition) is 3. The van der Waals surface area contributed by atoms with Crippen molar-refractivity contribution in [2.45, 2.75) is 58.9 Å². The van der Waals surface area contributed by atoms with Gasteiger partial charge in [0.05, 0.1) is 5.69 Å². The zero-order valence-corrected chi connectivity index (χ0v) is 13.9. The highest BCUT2D eigenvalue weighted by atomic mass is 16.1. The van der Waals surface area contributed by atoms with E-state index < -0.39 is 5.54 Å². The molecule has 0 saturated carbocycles. The van der Waals surface area contributed by atoms with Crippen LogP contribution < -0.4 is 4.90 Å². The number of nitriles is 1. The Labute approximate surface area is 133 Å². The fourth-order valence-electron chi connectivity index (χ4n) is 3.54. The number of para-hydroxylation sites is 1. The van der Waals surface area contributed by atoms with E-state index in [0.29, 0.717) is 18.5 Å². The summed E-state index contributed by atoms with van der Waals surface area (Å²) in [6.45, 7) is 8.21. The van der Waals surface area contributed by atoms with Gasteiger partial charge in [-0.05, 0) is 43.4 Å². The van der Waals surface area contributed by atoms with Gasteiger partial charge in [-0.1, -0.05) is 39.8 Å². The molecule has 0 aliphatic carbocycles. The minimum absolute atomic E-state index is 0.146. The molecule has 0 radical (unpaired) electrons. The van der Waals surface area contributed by atoms with Gasteiger partial charge >= 0.3 is 0 Å². The minimum Gasteiger partial charge on any atom is -0.319 e. The number of fused-ring (bicyclic) bond motifs is 1. The van der Waals surface area contributed by atoms with Gasteiger partial charge in [-0.3, -0.25) is 4.79 Å². The number of anilines is 1. The molecular formula is C19H24N2O. The molecule has 0 saturated heterocycles. The Balaban J connectivity index is 2.77. The van der Waals surface area contributed by atoms with E-state index in [1.165, 1.54) is 0 Å². The van der Waals surface area contributed by atoms with Crippen LogP contribution in [0.1, 0.15) is 63.7 Å². The van der Waals surface area contributed by atoms with Gasteiger partial charge in [0.25, 0.3) is 0 Å². The van der Waals surface area contributed by atoms with Gasteiger partial charge in [0.1, 0.15) is 17.3 Å². The fraction of sp³-hybridized carbons (Fsp3) is 0.474. The zero-order valence-electron chi connectivity index (χ0n) is 13.9. The van der Waals surface area contributed by atoms with Gasteiger partial charge in [0.15, 0.2) is 5.78 Å². The third-order valence-corrected chi connectivity index (χ3v) is 4.93. The summed E-state index contributed by atoms with van der Waals surface area (Å²) in [5, 5.41) is 9.79. The number of rotatable bonds is 5. The van der Waals surface area contributed by atoms with Gasteiger partial charge in [-0.15, -0.1) is 0 Å². The predicted octanol–water partition coefficient (Wildman–Crippen LogP) is 4.85. The second kappa shape index (κ2) is 6.36. The van der Waals surface area contributed by atoms with E-state index in [1.54, 1.807) is 0 Å². The monoisotopic (exact) mass is 296 g/mol. The average molecular weight is 296 g/mol. The van der Waals surface area contributed by atoms with Gasteiger partial charge in [-0.2, -0.15) is 5.26 Å². The summed E-state index contributed by atoms with van der Waals surface area (Å²) in [6.07, 6.45) is 3.05. The molecule has 0 unspecified atom stereocenters. The number of benzene rings is 1. The largest absolute Gasteiger partial charge is 0.319 e. The van der Waals surface area contributed by atoms with Crippen molar-refractivity contribution in [3.63, 3.8) is 0 Å². The van der Waals surface area contributed by atoms with E-state index in [-0.39, 0.29) is 5.78 Å². The maximum absolute atomic E-state index is 13.0. The molecule has 1 heterocycles. The summed E-state index contributed by atoms with van der Waals surface area (Å²) in [6, 6.07) is 10.1. The molecule has 1 aromatic carbocycles. The molecule has 0 atom stereocenters. The Morgan fingerprint density at radius 2 is 1.73 bits per heavy atom. The van der Waals surface area contributed by atoms with Crippen LogP contribution in [0.4, 0.5) is 5.69 Å². The van der Waals surface area contributed by atoms with Gasteiger partial charge in [-0.25, -0.2) is 0 Å². The highest BCUT2D eigenvalue weighted by molar-refractivity contribution is 6.15. The van der Waals surface area contributed by atoms with Crippen LogP contribution >= 0.6 is 0 Å². The lowest BCUT2D eigenvalue weighted by atomic mass is 9.86. The molecule has 3 nitrogen and oxygen atoms in total. The van der Waals surface area contributed by atoms with Crippen molar-refractivity contribution in [2.75, 3.05) is 4.90 Å². The second-order valence-electron chi connectivity index (χ2n) is 5.69. The first-order valence-electron chi connectivity index (χ1n) is 8.17. The molecule has 1 aliphatic heterocycles. The number of carbonyl (C=O) groups is 1. The van der Waals surface area contributed by atoms with E-state index in [4.69, 9.17) is 0 Å². The van der Waals surface area contributed by atoms with Crippen LogP contribution in [-0.2, 0) is 0 Å². The van der Waals surface area contributed by atoms with Crippen molar-refractivity contribution >= 4 is 11.5 Å². The van der Waals surface area contributed by atoms with Crippen molar-refractivity contribution in [2.24, 2.45) is 0 Å². The third kappa shape index (κ3) is 2.14. The van der Waals surface area contributed by atoms with Crippen LogP contribution in [0.5, 0.6) is 0 Å². The lowest BCUT2D eigenvalue weighted by molar-refractivity contribution is 0.0896. The number of Topliss-reactive ketones (excluding diaryl/α,β-unsaturated/α-hetero) is 1. The van der Waals surface area contributed by atoms with E-state index >= 15 is 0 Å². The Kier molecular flexibility index (Phi) is 4.71. The number of hydrogen-bond donors (Lipinski definition) is 0. The Bertz CT molecular complexity index is 642. The highest BCUT2D eigenvalue weighted by Gasteiger charge is 2.50. The summed E-state index contributed by atoms with van der Waals surface area (Å²) in [7, 11) is 0. The maximum atomic E-state index is 13.0. The van der Waals surface area contributed by atoms with Crippen LogP contribution in [0.15, 0.2) is 35.5 Å². The smallest absolute Gasteiger partial charge is 0.190 e. The first kappa shape index (κ1) is 16.3. The summed E-state index contributed by atoms with van der Waals surface area (Å²) in [4.78, 5) is 15.1. The Morgan fingerprint density at radius 3 is 2.23 bits per heavy atom. The van der Waals surface area contributed by atoms with Crippen molar-refractivity contribution < 1.29 is 4.79 Å².